The molecule has 3 heteroatoms. The summed E-state index contributed by atoms with van der Waals surface area (Å²) in [6, 6.07) is 68.9. The van der Waals surface area contributed by atoms with Crippen LogP contribution in [0.2, 0.25) is 0 Å². The van der Waals surface area contributed by atoms with Crippen molar-refractivity contribution in [3.63, 3.8) is 0 Å². The lowest BCUT2D eigenvalue weighted by Gasteiger charge is -2.27. The highest BCUT2D eigenvalue weighted by atomic mass is 15.0. The third kappa shape index (κ3) is 4.42. The molecule has 0 saturated heterocycles. The summed E-state index contributed by atoms with van der Waals surface area (Å²) >= 11 is 0. The van der Waals surface area contributed by atoms with Crippen LogP contribution in [0.15, 0.2) is 188 Å². The predicted octanol–water partition coefficient (Wildman–Crippen LogP) is 13.3. The van der Waals surface area contributed by atoms with E-state index in [0.29, 0.717) is 0 Å². The van der Waals surface area contributed by atoms with Gasteiger partial charge >= 0.3 is 0 Å². The fraction of sp³-hybridized carbons (Fsp3) is 0.0588. The molecular formula is C51H37N3. The Hall–Kier alpha value is -6.84. The quantitative estimate of drug-likeness (QED) is 0.171. The lowest BCUT2D eigenvalue weighted by atomic mass is 9.77. The van der Waals surface area contributed by atoms with E-state index in [-0.39, 0.29) is 5.41 Å². The maximum Gasteiger partial charge on any atom is 0.0542 e. The van der Waals surface area contributed by atoms with Crippen LogP contribution in [0.1, 0.15) is 25.0 Å². The average Bonchev–Trinajstić information content (AvgIpc) is 3.86. The first-order chi connectivity index (χ1) is 26.6. The second-order valence-electron chi connectivity index (χ2n) is 15.0. The summed E-state index contributed by atoms with van der Waals surface area (Å²) in [4.78, 5) is 0. The molecular weight excluding hydrogens is 655 g/mol. The number of rotatable bonds is 5. The van der Waals surface area contributed by atoms with Gasteiger partial charge in [0.2, 0.25) is 0 Å². The Bertz CT molecular complexity index is 3230. The van der Waals surface area contributed by atoms with E-state index in [1.807, 2.05) is 0 Å². The zero-order chi connectivity index (χ0) is 36.0. The lowest BCUT2D eigenvalue weighted by Crippen LogP contribution is -2.18. The van der Waals surface area contributed by atoms with Gasteiger partial charge in [-0.25, -0.2) is 0 Å². The summed E-state index contributed by atoms with van der Waals surface area (Å²) < 4.78 is 7.21. The predicted molar refractivity (Wildman–Crippen MR) is 228 cm³/mol. The Labute approximate surface area is 313 Å². The zero-order valence-electron chi connectivity index (χ0n) is 30.2. The van der Waals surface area contributed by atoms with Crippen molar-refractivity contribution < 1.29 is 0 Å². The number of aromatic nitrogens is 3. The number of hydrogen-bond acceptors (Lipinski definition) is 0. The molecule has 0 fully saturated rings. The standard InChI is InChI=1S/C51H37N3/c1-51(2,34-25-28-48-42(31-34)39-19-9-12-22-45(39)52(48)36-15-5-3-6-16-36)35-26-29-49-43(32-35)40-20-10-14-24-47(40)54(49)38-27-30-50-44(33-38)41-21-11-13-23-46(41)53(50)37-17-7-4-8-18-37/h3-33H,1-2H3. The van der Waals surface area contributed by atoms with Crippen LogP contribution in [-0.4, -0.2) is 13.7 Å². The largest absolute Gasteiger partial charge is 0.309 e. The van der Waals surface area contributed by atoms with E-state index in [1.54, 1.807) is 0 Å². The Morgan fingerprint density at radius 1 is 0.278 bits per heavy atom. The number of hydrogen-bond donors (Lipinski definition) is 0. The highest BCUT2D eigenvalue weighted by molar-refractivity contribution is 6.13. The second kappa shape index (κ2) is 11.6. The molecule has 0 N–H and O–H groups in total. The van der Waals surface area contributed by atoms with Crippen molar-refractivity contribution in [3.05, 3.63) is 199 Å². The Morgan fingerprint density at radius 2 is 0.611 bits per heavy atom. The van der Waals surface area contributed by atoms with Gasteiger partial charge in [0, 0.05) is 54.8 Å². The molecule has 8 aromatic carbocycles. The Balaban J connectivity index is 1.07. The van der Waals surface area contributed by atoms with E-state index in [2.05, 4.69) is 216 Å². The van der Waals surface area contributed by atoms with Crippen molar-refractivity contribution in [3.8, 4) is 17.1 Å². The van der Waals surface area contributed by atoms with E-state index in [0.717, 1.165) is 5.69 Å². The van der Waals surface area contributed by atoms with Crippen molar-refractivity contribution in [2.75, 3.05) is 0 Å². The first kappa shape index (κ1) is 30.8. The molecule has 0 atom stereocenters. The van der Waals surface area contributed by atoms with Crippen molar-refractivity contribution >= 4 is 65.4 Å². The van der Waals surface area contributed by atoms with Gasteiger partial charge in [-0.2, -0.15) is 0 Å². The molecule has 0 aliphatic rings. The zero-order valence-corrected chi connectivity index (χ0v) is 30.2. The number of benzene rings is 8. The molecule has 256 valence electrons. The van der Waals surface area contributed by atoms with Crippen LogP contribution in [0.5, 0.6) is 0 Å². The minimum atomic E-state index is -0.236. The third-order valence-electron chi connectivity index (χ3n) is 11.7. The van der Waals surface area contributed by atoms with E-state index >= 15 is 0 Å². The summed E-state index contributed by atoms with van der Waals surface area (Å²) in [5, 5.41) is 7.59. The van der Waals surface area contributed by atoms with E-state index < -0.39 is 0 Å². The van der Waals surface area contributed by atoms with E-state index in [9.17, 15) is 0 Å². The van der Waals surface area contributed by atoms with Gasteiger partial charge in [-0.15, -0.1) is 0 Å². The summed E-state index contributed by atoms with van der Waals surface area (Å²) in [7, 11) is 0. The van der Waals surface area contributed by atoms with Crippen LogP contribution < -0.4 is 0 Å². The van der Waals surface area contributed by atoms with Crippen LogP contribution in [0.4, 0.5) is 0 Å². The highest BCUT2D eigenvalue weighted by Crippen LogP contribution is 2.41. The maximum atomic E-state index is 2.44. The Kier molecular flexibility index (Phi) is 6.60. The van der Waals surface area contributed by atoms with Gasteiger partial charge in [0.1, 0.15) is 0 Å². The molecule has 3 nitrogen and oxygen atoms in total. The average molecular weight is 692 g/mol. The van der Waals surface area contributed by atoms with Gasteiger partial charge in [0.05, 0.1) is 33.1 Å². The van der Waals surface area contributed by atoms with Gasteiger partial charge in [-0.3, -0.25) is 0 Å². The first-order valence-corrected chi connectivity index (χ1v) is 18.8. The SMILES string of the molecule is CC(C)(c1ccc2c(c1)c1ccccc1n2-c1ccccc1)c1ccc2c(c1)c1ccccc1n2-c1ccc2c(c1)c1ccccc1n2-c1ccccc1. The molecule has 11 aromatic rings. The van der Waals surface area contributed by atoms with Crippen molar-refractivity contribution in [2.45, 2.75) is 19.3 Å². The van der Waals surface area contributed by atoms with Crippen LogP contribution in [0.25, 0.3) is 82.5 Å². The van der Waals surface area contributed by atoms with Crippen molar-refractivity contribution in [2.24, 2.45) is 0 Å². The third-order valence-corrected chi connectivity index (χ3v) is 11.7. The molecule has 0 bridgehead atoms. The summed E-state index contributed by atoms with van der Waals surface area (Å²) in [5.74, 6) is 0. The van der Waals surface area contributed by atoms with Crippen LogP contribution in [0.3, 0.4) is 0 Å². The van der Waals surface area contributed by atoms with Gasteiger partial charge < -0.3 is 13.7 Å². The van der Waals surface area contributed by atoms with E-state index in [1.165, 1.54) is 87.9 Å². The van der Waals surface area contributed by atoms with Crippen LogP contribution in [-0.2, 0) is 5.41 Å². The van der Waals surface area contributed by atoms with Gasteiger partial charge in [0.15, 0.2) is 0 Å². The van der Waals surface area contributed by atoms with E-state index in [4.69, 9.17) is 0 Å². The molecule has 0 unspecified atom stereocenters. The van der Waals surface area contributed by atoms with Crippen molar-refractivity contribution in [1.29, 1.82) is 0 Å². The molecule has 0 aliphatic heterocycles. The molecule has 3 aromatic heterocycles. The summed E-state index contributed by atoms with van der Waals surface area (Å²) in [6.45, 7) is 4.72. The minimum Gasteiger partial charge on any atom is -0.309 e. The van der Waals surface area contributed by atoms with Gasteiger partial charge in [-0.1, -0.05) is 117 Å². The normalized spacial score (nSPS) is 12.3. The lowest BCUT2D eigenvalue weighted by molar-refractivity contribution is 0.643. The molecule has 0 aliphatic carbocycles. The minimum absolute atomic E-state index is 0.236. The maximum absolute atomic E-state index is 2.44. The van der Waals surface area contributed by atoms with Crippen LogP contribution >= 0.6 is 0 Å². The number of nitrogens with zero attached hydrogens (tertiary/aromatic N) is 3. The topological polar surface area (TPSA) is 14.8 Å². The molecule has 11 rings (SSSR count). The van der Waals surface area contributed by atoms with Crippen molar-refractivity contribution in [1.82, 2.24) is 13.7 Å². The fourth-order valence-corrected chi connectivity index (χ4v) is 8.98. The van der Waals surface area contributed by atoms with Crippen LogP contribution in [0, 0.1) is 0 Å². The monoisotopic (exact) mass is 691 g/mol. The molecule has 54 heavy (non-hydrogen) atoms. The summed E-state index contributed by atoms with van der Waals surface area (Å²) in [5.41, 5.74) is 13.2. The molecule has 0 saturated carbocycles. The molecule has 0 amide bonds. The molecule has 0 spiro atoms. The summed E-state index contributed by atoms with van der Waals surface area (Å²) in [6.07, 6.45) is 0. The number of para-hydroxylation sites is 5. The number of fused-ring (bicyclic) bond motifs is 9. The smallest absolute Gasteiger partial charge is 0.0542 e. The van der Waals surface area contributed by atoms with Gasteiger partial charge in [-0.05, 0) is 96.1 Å². The second-order valence-corrected chi connectivity index (χ2v) is 15.0. The molecule has 3 heterocycles. The fourth-order valence-electron chi connectivity index (χ4n) is 8.98. The molecule has 0 radical (unpaired) electrons. The highest BCUT2D eigenvalue weighted by Gasteiger charge is 2.26. The van der Waals surface area contributed by atoms with Gasteiger partial charge in [0.25, 0.3) is 0 Å². The Morgan fingerprint density at radius 3 is 1.06 bits per heavy atom. The first-order valence-electron chi connectivity index (χ1n) is 18.8.